The molecule has 0 radical (unpaired) electrons. The zero-order chi connectivity index (χ0) is 35.1. The molecule has 0 unspecified atom stereocenters. The molecule has 0 aromatic heterocycles. The Labute approximate surface area is 277 Å². The van der Waals surface area contributed by atoms with Gasteiger partial charge in [-0.25, -0.2) is 0 Å². The van der Waals surface area contributed by atoms with Gasteiger partial charge in [-0.1, -0.05) is 47.1 Å². The summed E-state index contributed by atoms with van der Waals surface area (Å²) >= 11 is 0. The lowest BCUT2D eigenvalue weighted by Gasteiger charge is -2.41. The quantitative estimate of drug-likeness (QED) is 0.259. The fourth-order valence-corrected chi connectivity index (χ4v) is 6.33. The molecule has 0 spiro atoms. The number of carbonyl (C=O) groups excluding carboxylic acids is 5. The molecule has 2 fully saturated rings. The van der Waals surface area contributed by atoms with E-state index in [2.05, 4.69) is 29.4 Å². The molecule has 2 rings (SSSR count). The molecule has 2 aliphatic rings. The summed E-state index contributed by atoms with van der Waals surface area (Å²) in [7, 11) is 1.72. The van der Waals surface area contributed by atoms with Gasteiger partial charge in [-0.15, -0.1) is 0 Å². The molecule has 11 nitrogen and oxygen atoms in total. The first kappa shape index (κ1) is 39.2. The van der Waals surface area contributed by atoms with Crippen LogP contribution in [0.4, 0.5) is 0 Å². The van der Waals surface area contributed by atoms with E-state index in [0.717, 1.165) is 25.8 Å². The number of amides is 4. The highest BCUT2D eigenvalue weighted by atomic mass is 16.6. The van der Waals surface area contributed by atoms with Crippen molar-refractivity contribution < 1.29 is 28.7 Å². The first-order chi connectivity index (χ1) is 21.2. The number of nitrogens with zero attached hydrogens (tertiary/aromatic N) is 3. The van der Waals surface area contributed by atoms with Crippen molar-refractivity contribution in [3.63, 3.8) is 0 Å². The van der Waals surface area contributed by atoms with Crippen LogP contribution in [0.5, 0.6) is 0 Å². The van der Waals surface area contributed by atoms with Crippen molar-refractivity contribution in [2.24, 2.45) is 11.3 Å². The van der Waals surface area contributed by atoms with E-state index in [4.69, 9.17) is 4.74 Å². The van der Waals surface area contributed by atoms with Crippen LogP contribution < -0.4 is 10.6 Å². The van der Waals surface area contributed by atoms with Crippen molar-refractivity contribution in [2.45, 2.75) is 144 Å². The number of likely N-dealkylation sites (tertiary alicyclic amines) is 2. The molecule has 4 atom stereocenters. The van der Waals surface area contributed by atoms with Crippen LogP contribution in [0.3, 0.4) is 0 Å². The third-order valence-corrected chi connectivity index (χ3v) is 8.79. The molecule has 2 saturated heterocycles. The summed E-state index contributed by atoms with van der Waals surface area (Å²) in [6, 6.07) is -1.93. The number of carbonyl (C=O) groups is 5. The molecule has 4 amide bonds. The molecule has 2 aliphatic heterocycles. The summed E-state index contributed by atoms with van der Waals surface area (Å²) < 4.78 is 5.27. The van der Waals surface area contributed by atoms with Gasteiger partial charge in [0.05, 0.1) is 12.1 Å². The third-order valence-electron chi connectivity index (χ3n) is 8.79. The van der Waals surface area contributed by atoms with Crippen LogP contribution in [-0.4, -0.2) is 107 Å². The van der Waals surface area contributed by atoms with E-state index < -0.39 is 41.0 Å². The predicted molar refractivity (Wildman–Crippen MR) is 180 cm³/mol. The molecular weight excluding hydrogens is 586 g/mol. The molecule has 0 saturated carbocycles. The van der Waals surface area contributed by atoms with E-state index in [1.54, 1.807) is 45.7 Å². The highest BCUT2D eigenvalue weighted by Crippen LogP contribution is 2.27. The lowest BCUT2D eigenvalue weighted by atomic mass is 9.84. The summed E-state index contributed by atoms with van der Waals surface area (Å²) in [6.45, 7) is 22.0. The van der Waals surface area contributed by atoms with Gasteiger partial charge in [-0.3, -0.25) is 28.9 Å². The Balaban J connectivity index is 2.21. The Morgan fingerprint density at radius 1 is 0.891 bits per heavy atom. The molecule has 0 aliphatic carbocycles. The van der Waals surface area contributed by atoms with E-state index in [-0.39, 0.29) is 42.3 Å². The van der Waals surface area contributed by atoms with E-state index in [1.807, 2.05) is 34.6 Å². The number of hydrogen-bond donors (Lipinski definition) is 2. The molecule has 2 N–H and O–H groups in total. The van der Waals surface area contributed by atoms with Crippen molar-refractivity contribution in [3.8, 4) is 0 Å². The summed E-state index contributed by atoms with van der Waals surface area (Å²) in [5.41, 5.74) is -0.788. The molecule has 0 aromatic carbocycles. The minimum absolute atomic E-state index is 0.0331. The molecule has 0 aromatic rings. The Morgan fingerprint density at radius 2 is 1.50 bits per heavy atom. The minimum atomic E-state index is -0.761. The largest absolute Gasteiger partial charge is 0.459 e. The van der Waals surface area contributed by atoms with Crippen LogP contribution in [0.1, 0.15) is 108 Å². The molecule has 0 bridgehead atoms. The normalized spacial score (nSPS) is 21.2. The highest BCUT2D eigenvalue weighted by Gasteiger charge is 2.40. The van der Waals surface area contributed by atoms with Gasteiger partial charge in [-0.05, 0) is 85.1 Å². The first-order valence-electron chi connectivity index (χ1n) is 17.0. The van der Waals surface area contributed by atoms with Crippen molar-refractivity contribution in [1.82, 2.24) is 25.3 Å². The SMILES string of the molecule is CC(=C[C@H](C(C)C)N(C)C(=O)[C@@H](NC(=O)[C@H]1CCCCN1C(C)C)C(C)(C)C)C(=O)N1CCC[C@H]1C(=O)NCC(=O)OC(C)(C)C. The topological polar surface area (TPSA) is 128 Å². The number of likely N-dealkylation sites (N-methyl/N-ethyl adjacent to an activating group) is 1. The lowest BCUT2D eigenvalue weighted by molar-refractivity contribution is -0.154. The Bertz CT molecular complexity index is 1140. The van der Waals surface area contributed by atoms with Gasteiger partial charge in [-0.2, -0.15) is 0 Å². The van der Waals surface area contributed by atoms with E-state index in [1.165, 1.54) is 4.90 Å². The van der Waals surface area contributed by atoms with Crippen molar-refractivity contribution in [2.75, 3.05) is 26.7 Å². The van der Waals surface area contributed by atoms with E-state index >= 15 is 0 Å². The fraction of sp³-hybridized carbons (Fsp3) is 0.800. The van der Waals surface area contributed by atoms with Crippen LogP contribution in [0.15, 0.2) is 11.6 Å². The number of esters is 1. The second kappa shape index (κ2) is 16.2. The Morgan fingerprint density at radius 3 is 2.04 bits per heavy atom. The van der Waals surface area contributed by atoms with Gasteiger partial charge in [0.15, 0.2) is 0 Å². The standard InChI is InChI=1S/C35H61N5O6/c1-22(2)27(20-24(5)32(44)40-19-15-17-25(40)30(42)36-21-28(41)46-35(9,10)11)38(12)33(45)29(34(6,7)8)37-31(43)26-16-13-14-18-39(26)23(3)4/h20,22-23,25-27,29H,13-19,21H2,1-12H3,(H,36,42)(H,37,43)/t25-,26+,27+,29+/m0/s1. The van der Waals surface area contributed by atoms with Gasteiger partial charge < -0.3 is 25.2 Å². The zero-order valence-corrected chi connectivity index (χ0v) is 30.5. The Hall–Kier alpha value is -2.95. The highest BCUT2D eigenvalue weighted by molar-refractivity contribution is 5.97. The number of ether oxygens (including phenoxy) is 1. The predicted octanol–water partition coefficient (Wildman–Crippen LogP) is 3.66. The number of hydrogen-bond acceptors (Lipinski definition) is 7. The fourth-order valence-electron chi connectivity index (χ4n) is 6.33. The summed E-state index contributed by atoms with van der Waals surface area (Å²) in [4.78, 5) is 71.9. The first-order valence-corrected chi connectivity index (χ1v) is 17.0. The average molecular weight is 648 g/mol. The molecule has 46 heavy (non-hydrogen) atoms. The maximum absolute atomic E-state index is 14.1. The van der Waals surface area contributed by atoms with Gasteiger partial charge in [0.2, 0.25) is 23.6 Å². The van der Waals surface area contributed by atoms with E-state index in [0.29, 0.717) is 25.0 Å². The average Bonchev–Trinajstić information content (AvgIpc) is 3.44. The second-order valence-corrected chi connectivity index (χ2v) is 15.6. The van der Waals surface area contributed by atoms with Gasteiger partial charge in [0.1, 0.15) is 24.2 Å². The minimum Gasteiger partial charge on any atom is -0.459 e. The lowest BCUT2D eigenvalue weighted by Crippen LogP contribution is -2.60. The van der Waals surface area contributed by atoms with Crippen LogP contribution >= 0.6 is 0 Å². The summed E-state index contributed by atoms with van der Waals surface area (Å²) in [5, 5.41) is 5.73. The van der Waals surface area contributed by atoms with Gasteiger partial charge >= 0.3 is 5.97 Å². The van der Waals surface area contributed by atoms with Crippen molar-refractivity contribution in [3.05, 3.63) is 11.6 Å². The smallest absolute Gasteiger partial charge is 0.325 e. The number of rotatable bonds is 11. The number of nitrogens with one attached hydrogen (secondary N) is 2. The van der Waals surface area contributed by atoms with Gasteiger partial charge in [0.25, 0.3) is 0 Å². The maximum atomic E-state index is 14.1. The molecule has 11 heteroatoms. The van der Waals surface area contributed by atoms with Gasteiger partial charge in [0, 0.05) is 25.2 Å². The van der Waals surface area contributed by atoms with Crippen LogP contribution in [0.2, 0.25) is 0 Å². The van der Waals surface area contributed by atoms with Crippen LogP contribution in [-0.2, 0) is 28.7 Å². The van der Waals surface area contributed by atoms with Crippen LogP contribution in [0, 0.1) is 11.3 Å². The second-order valence-electron chi connectivity index (χ2n) is 15.6. The maximum Gasteiger partial charge on any atom is 0.325 e. The number of piperidine rings is 1. The molecule has 262 valence electrons. The Kier molecular flexibility index (Phi) is 13.9. The van der Waals surface area contributed by atoms with E-state index in [9.17, 15) is 24.0 Å². The summed E-state index contributed by atoms with van der Waals surface area (Å²) in [6.07, 6.45) is 5.75. The zero-order valence-electron chi connectivity index (χ0n) is 30.5. The molecule has 2 heterocycles. The van der Waals surface area contributed by atoms with Crippen molar-refractivity contribution >= 4 is 29.6 Å². The summed E-state index contributed by atoms with van der Waals surface area (Å²) in [5.74, 6) is -1.59. The van der Waals surface area contributed by atoms with Crippen molar-refractivity contribution in [1.29, 1.82) is 0 Å². The third kappa shape index (κ3) is 10.8. The monoisotopic (exact) mass is 647 g/mol. The van der Waals surface area contributed by atoms with Crippen LogP contribution in [0.25, 0.3) is 0 Å². The molecular formula is C35H61N5O6.